The summed E-state index contributed by atoms with van der Waals surface area (Å²) >= 11 is 0. The average molecular weight is 170 g/mol. The number of rotatable bonds is 4. The molecule has 0 amide bonds. The van der Waals surface area contributed by atoms with Gasteiger partial charge >= 0.3 is 0 Å². The average Bonchev–Trinajstić information content (AvgIpc) is 2.35. The van der Waals surface area contributed by atoms with Gasteiger partial charge in [0.05, 0.1) is 0 Å². The van der Waals surface area contributed by atoms with Crippen molar-refractivity contribution in [2.24, 2.45) is 11.3 Å². The van der Waals surface area contributed by atoms with Gasteiger partial charge in [-0.1, -0.05) is 20.8 Å². The molecule has 0 aromatic heterocycles. The lowest BCUT2D eigenvalue weighted by molar-refractivity contribution is 0.332. The van der Waals surface area contributed by atoms with E-state index in [9.17, 15) is 0 Å². The summed E-state index contributed by atoms with van der Waals surface area (Å²) in [5.74, 6) is 0.767. The third-order valence-corrected chi connectivity index (χ3v) is 2.56. The molecule has 0 aromatic rings. The molecule has 2 N–H and O–H groups in total. The third kappa shape index (κ3) is 3.11. The van der Waals surface area contributed by atoms with E-state index in [1.54, 1.807) is 0 Å². The summed E-state index contributed by atoms with van der Waals surface area (Å²) in [6, 6.07) is 0. The Balaban J connectivity index is 2.13. The predicted molar refractivity (Wildman–Crippen MR) is 53.3 cm³/mol. The Morgan fingerprint density at radius 3 is 2.75 bits per heavy atom. The van der Waals surface area contributed by atoms with Gasteiger partial charge in [-0.05, 0) is 30.8 Å². The van der Waals surface area contributed by atoms with Gasteiger partial charge in [-0.2, -0.15) is 0 Å². The summed E-state index contributed by atoms with van der Waals surface area (Å²) in [5.41, 5.74) is 0.509. The summed E-state index contributed by atoms with van der Waals surface area (Å²) in [6.07, 6.45) is 1.32. The van der Waals surface area contributed by atoms with Crippen molar-refractivity contribution in [1.82, 2.24) is 10.6 Å². The van der Waals surface area contributed by atoms with E-state index in [0.29, 0.717) is 5.41 Å². The van der Waals surface area contributed by atoms with Crippen LogP contribution in [0, 0.1) is 11.3 Å². The molecule has 0 spiro atoms. The zero-order chi connectivity index (χ0) is 9.03. The van der Waals surface area contributed by atoms with Crippen LogP contribution < -0.4 is 10.6 Å². The van der Waals surface area contributed by atoms with Crippen molar-refractivity contribution in [3.05, 3.63) is 0 Å². The molecule has 1 rings (SSSR count). The van der Waals surface area contributed by atoms with Gasteiger partial charge < -0.3 is 10.6 Å². The Hall–Kier alpha value is -0.0800. The minimum absolute atomic E-state index is 0.509. The fraction of sp³-hybridized carbons (Fsp3) is 1.00. The van der Waals surface area contributed by atoms with Crippen LogP contribution >= 0.6 is 0 Å². The molecule has 72 valence electrons. The highest BCUT2D eigenvalue weighted by Gasteiger charge is 2.27. The summed E-state index contributed by atoms with van der Waals surface area (Å²) in [4.78, 5) is 0. The van der Waals surface area contributed by atoms with Gasteiger partial charge in [-0.15, -0.1) is 0 Å². The van der Waals surface area contributed by atoms with Gasteiger partial charge in [0.1, 0.15) is 0 Å². The molecule has 2 nitrogen and oxygen atoms in total. The van der Waals surface area contributed by atoms with Crippen LogP contribution in [0.4, 0.5) is 0 Å². The second-order valence-corrected chi connectivity index (χ2v) is 4.76. The first-order valence-corrected chi connectivity index (χ1v) is 5.04. The van der Waals surface area contributed by atoms with Gasteiger partial charge in [-0.25, -0.2) is 0 Å². The Bertz CT molecular complexity index is 126. The summed E-state index contributed by atoms with van der Waals surface area (Å²) < 4.78 is 0. The van der Waals surface area contributed by atoms with E-state index in [-0.39, 0.29) is 0 Å². The number of hydrogen-bond donors (Lipinski definition) is 2. The van der Waals surface area contributed by atoms with E-state index in [2.05, 4.69) is 31.4 Å². The summed E-state index contributed by atoms with van der Waals surface area (Å²) in [7, 11) is 0. The molecule has 1 aliphatic rings. The van der Waals surface area contributed by atoms with Crippen molar-refractivity contribution in [2.45, 2.75) is 27.2 Å². The standard InChI is InChI=1S/C10H22N2/c1-9(2)6-12-8-10(3)4-5-11-7-10/h9,11-12H,4-8H2,1-3H3. The molecule has 1 saturated heterocycles. The molecule has 0 aromatic carbocycles. The first-order chi connectivity index (χ1) is 5.62. The first-order valence-electron chi connectivity index (χ1n) is 5.04. The van der Waals surface area contributed by atoms with Crippen molar-refractivity contribution in [3.8, 4) is 0 Å². The minimum atomic E-state index is 0.509. The van der Waals surface area contributed by atoms with Gasteiger partial charge in [-0.3, -0.25) is 0 Å². The zero-order valence-electron chi connectivity index (χ0n) is 8.61. The van der Waals surface area contributed by atoms with E-state index in [1.807, 2.05) is 0 Å². The lowest BCUT2D eigenvalue weighted by atomic mass is 9.90. The van der Waals surface area contributed by atoms with Gasteiger partial charge in [0, 0.05) is 13.1 Å². The Morgan fingerprint density at radius 2 is 2.25 bits per heavy atom. The molecule has 1 unspecified atom stereocenters. The van der Waals surface area contributed by atoms with Crippen LogP contribution in [-0.2, 0) is 0 Å². The second-order valence-electron chi connectivity index (χ2n) is 4.76. The fourth-order valence-corrected chi connectivity index (χ4v) is 1.68. The maximum absolute atomic E-state index is 3.53. The monoisotopic (exact) mass is 170 g/mol. The minimum Gasteiger partial charge on any atom is -0.316 e. The van der Waals surface area contributed by atoms with Gasteiger partial charge in [0.25, 0.3) is 0 Å². The molecular weight excluding hydrogens is 148 g/mol. The molecule has 0 saturated carbocycles. The quantitative estimate of drug-likeness (QED) is 0.663. The SMILES string of the molecule is CC(C)CNCC1(C)CCNC1. The van der Waals surface area contributed by atoms with Crippen molar-refractivity contribution in [3.63, 3.8) is 0 Å². The van der Waals surface area contributed by atoms with E-state index >= 15 is 0 Å². The molecule has 1 heterocycles. The molecule has 12 heavy (non-hydrogen) atoms. The van der Waals surface area contributed by atoms with Crippen LogP contribution in [-0.4, -0.2) is 26.2 Å². The van der Waals surface area contributed by atoms with E-state index in [1.165, 1.54) is 19.5 Å². The molecule has 0 bridgehead atoms. The number of nitrogens with one attached hydrogen (secondary N) is 2. The smallest absolute Gasteiger partial charge is 0.00179 e. The summed E-state index contributed by atoms with van der Waals surface area (Å²) in [6.45, 7) is 11.6. The maximum atomic E-state index is 3.53. The van der Waals surface area contributed by atoms with Gasteiger partial charge in [0.15, 0.2) is 0 Å². The highest BCUT2D eigenvalue weighted by molar-refractivity contribution is 4.85. The Morgan fingerprint density at radius 1 is 1.50 bits per heavy atom. The summed E-state index contributed by atoms with van der Waals surface area (Å²) in [5, 5.41) is 6.94. The van der Waals surface area contributed by atoms with E-state index < -0.39 is 0 Å². The van der Waals surface area contributed by atoms with Crippen LogP contribution in [0.2, 0.25) is 0 Å². The molecule has 2 heteroatoms. The van der Waals surface area contributed by atoms with E-state index in [0.717, 1.165) is 19.0 Å². The predicted octanol–water partition coefficient (Wildman–Crippen LogP) is 1.23. The van der Waals surface area contributed by atoms with Crippen LogP contribution in [0.3, 0.4) is 0 Å². The topological polar surface area (TPSA) is 24.1 Å². The maximum Gasteiger partial charge on any atom is 0.00179 e. The first kappa shape index (κ1) is 10.0. The lowest BCUT2D eigenvalue weighted by Gasteiger charge is -2.23. The van der Waals surface area contributed by atoms with Crippen LogP contribution in [0.1, 0.15) is 27.2 Å². The highest BCUT2D eigenvalue weighted by atomic mass is 15.0. The van der Waals surface area contributed by atoms with Crippen molar-refractivity contribution < 1.29 is 0 Å². The molecular formula is C10H22N2. The van der Waals surface area contributed by atoms with E-state index in [4.69, 9.17) is 0 Å². The highest BCUT2D eigenvalue weighted by Crippen LogP contribution is 2.22. The molecule has 1 fully saturated rings. The van der Waals surface area contributed by atoms with Crippen molar-refractivity contribution in [2.75, 3.05) is 26.2 Å². The fourth-order valence-electron chi connectivity index (χ4n) is 1.68. The van der Waals surface area contributed by atoms with Crippen LogP contribution in [0.15, 0.2) is 0 Å². The third-order valence-electron chi connectivity index (χ3n) is 2.56. The molecule has 0 aliphatic carbocycles. The Kier molecular flexibility index (Phi) is 3.53. The normalized spacial score (nSPS) is 30.0. The zero-order valence-corrected chi connectivity index (χ0v) is 8.61. The lowest BCUT2D eigenvalue weighted by Crippen LogP contribution is -2.35. The van der Waals surface area contributed by atoms with Crippen LogP contribution in [0.5, 0.6) is 0 Å². The number of hydrogen-bond acceptors (Lipinski definition) is 2. The second kappa shape index (κ2) is 4.24. The molecule has 1 atom stereocenters. The molecule has 1 aliphatic heterocycles. The molecule has 0 radical (unpaired) electrons. The van der Waals surface area contributed by atoms with Gasteiger partial charge in [0.2, 0.25) is 0 Å². The van der Waals surface area contributed by atoms with Crippen molar-refractivity contribution >= 4 is 0 Å². The van der Waals surface area contributed by atoms with Crippen molar-refractivity contribution in [1.29, 1.82) is 0 Å². The largest absolute Gasteiger partial charge is 0.316 e. The Labute approximate surface area is 76.1 Å². The van der Waals surface area contributed by atoms with Crippen LogP contribution in [0.25, 0.3) is 0 Å².